The fourth-order valence-electron chi connectivity index (χ4n) is 2.30. The third-order valence-electron chi connectivity index (χ3n) is 3.64. The van der Waals surface area contributed by atoms with Crippen LogP contribution in [0.2, 0.25) is 0 Å². The van der Waals surface area contributed by atoms with Gasteiger partial charge < -0.3 is 19.8 Å². The minimum absolute atomic E-state index is 0.0909. The molecule has 1 aromatic rings. The second-order valence-electron chi connectivity index (χ2n) is 5.23. The zero-order chi connectivity index (χ0) is 13.2. The molecule has 0 amide bonds. The molecule has 1 fully saturated rings. The van der Waals surface area contributed by atoms with Gasteiger partial charge in [-0.25, -0.2) is 0 Å². The lowest BCUT2D eigenvalue weighted by atomic mass is 9.64. The summed E-state index contributed by atoms with van der Waals surface area (Å²) in [6, 6.07) is 0.810. The first kappa shape index (κ1) is 13.3. The zero-order valence-corrected chi connectivity index (χ0v) is 11.5. The third-order valence-corrected chi connectivity index (χ3v) is 3.64. The summed E-state index contributed by atoms with van der Waals surface area (Å²) in [5.41, 5.74) is 0.0909. The highest BCUT2D eigenvalue weighted by atomic mass is 16.5. The molecule has 0 bridgehead atoms. The number of aromatic nitrogens is 2. The second kappa shape index (κ2) is 5.24. The van der Waals surface area contributed by atoms with Gasteiger partial charge in [0.15, 0.2) is 0 Å². The van der Waals surface area contributed by atoms with E-state index in [0.29, 0.717) is 30.6 Å². The minimum Gasteiger partial charge on any atom is -0.407 e. The van der Waals surface area contributed by atoms with Gasteiger partial charge in [0.2, 0.25) is 5.89 Å². The Morgan fingerprint density at radius 3 is 2.83 bits per heavy atom. The molecule has 2 unspecified atom stereocenters. The van der Waals surface area contributed by atoms with Crippen LogP contribution < -0.4 is 10.6 Å². The van der Waals surface area contributed by atoms with Gasteiger partial charge in [-0.2, -0.15) is 0 Å². The zero-order valence-electron chi connectivity index (χ0n) is 11.5. The summed E-state index contributed by atoms with van der Waals surface area (Å²) in [4.78, 5) is 0. The quantitative estimate of drug-likeness (QED) is 0.799. The first-order chi connectivity index (χ1) is 8.57. The predicted molar refractivity (Wildman–Crippen MR) is 68.3 cm³/mol. The maximum Gasteiger partial charge on any atom is 0.315 e. The molecule has 1 saturated carbocycles. The van der Waals surface area contributed by atoms with Gasteiger partial charge in [-0.15, -0.1) is 5.10 Å². The Kier molecular flexibility index (Phi) is 3.87. The summed E-state index contributed by atoms with van der Waals surface area (Å²) in [6.07, 6.45) is 1.28. The molecule has 102 valence electrons. The highest BCUT2D eigenvalue weighted by molar-refractivity contribution is 5.25. The predicted octanol–water partition coefficient (Wildman–Crippen LogP) is 1.40. The molecule has 0 spiro atoms. The molecular weight excluding hydrogens is 232 g/mol. The average Bonchev–Trinajstić information content (AvgIpc) is 2.76. The lowest BCUT2D eigenvalue weighted by molar-refractivity contribution is -0.0980. The van der Waals surface area contributed by atoms with Crippen molar-refractivity contribution in [2.75, 3.05) is 19.0 Å². The Hall–Kier alpha value is -1.14. The number of nitrogens with one attached hydrogen (secondary N) is 2. The smallest absolute Gasteiger partial charge is 0.315 e. The molecule has 1 aromatic heterocycles. The van der Waals surface area contributed by atoms with Crippen LogP contribution in [0.1, 0.15) is 33.1 Å². The molecule has 0 saturated heterocycles. The summed E-state index contributed by atoms with van der Waals surface area (Å²) in [7, 11) is 1.85. The topological polar surface area (TPSA) is 72.2 Å². The standard InChI is InChI=1S/C12H22N4O2/c1-5-17-9-6-8(12(9,2)3)14-11-16-15-10(18-11)7-13-4/h8-9,13H,5-7H2,1-4H3,(H,14,16). The number of anilines is 1. The van der Waals surface area contributed by atoms with Crippen molar-refractivity contribution in [3.63, 3.8) is 0 Å². The molecular formula is C12H22N4O2. The van der Waals surface area contributed by atoms with E-state index >= 15 is 0 Å². The third kappa shape index (κ3) is 2.49. The first-order valence-electron chi connectivity index (χ1n) is 6.43. The fraction of sp³-hybridized carbons (Fsp3) is 0.833. The fourth-order valence-corrected chi connectivity index (χ4v) is 2.30. The van der Waals surface area contributed by atoms with Crippen LogP contribution in [0.25, 0.3) is 0 Å². The number of ether oxygens (including phenoxy) is 1. The Balaban J connectivity index is 1.90. The molecule has 6 heteroatoms. The lowest BCUT2D eigenvalue weighted by Gasteiger charge is -2.51. The van der Waals surface area contributed by atoms with Crippen LogP contribution in [0.3, 0.4) is 0 Å². The van der Waals surface area contributed by atoms with E-state index in [0.717, 1.165) is 13.0 Å². The van der Waals surface area contributed by atoms with Crippen molar-refractivity contribution in [3.05, 3.63) is 5.89 Å². The van der Waals surface area contributed by atoms with Crippen LogP contribution in [0.5, 0.6) is 0 Å². The maximum absolute atomic E-state index is 5.69. The van der Waals surface area contributed by atoms with Crippen LogP contribution in [-0.2, 0) is 11.3 Å². The van der Waals surface area contributed by atoms with Crippen molar-refractivity contribution in [1.82, 2.24) is 15.5 Å². The van der Waals surface area contributed by atoms with Gasteiger partial charge in [-0.05, 0) is 20.4 Å². The summed E-state index contributed by atoms with van der Waals surface area (Å²) in [6.45, 7) is 7.76. The number of rotatable bonds is 6. The first-order valence-corrected chi connectivity index (χ1v) is 6.43. The molecule has 2 atom stereocenters. The van der Waals surface area contributed by atoms with Crippen molar-refractivity contribution in [1.29, 1.82) is 0 Å². The SMILES string of the molecule is CCOC1CC(Nc2nnc(CNC)o2)C1(C)C. The largest absolute Gasteiger partial charge is 0.407 e. The van der Waals surface area contributed by atoms with Crippen molar-refractivity contribution in [2.24, 2.45) is 5.41 Å². The van der Waals surface area contributed by atoms with Crippen LogP contribution >= 0.6 is 0 Å². The minimum atomic E-state index is 0.0909. The van der Waals surface area contributed by atoms with E-state index in [4.69, 9.17) is 9.15 Å². The summed E-state index contributed by atoms with van der Waals surface area (Å²) < 4.78 is 11.2. The van der Waals surface area contributed by atoms with Crippen molar-refractivity contribution < 1.29 is 9.15 Å². The van der Waals surface area contributed by atoms with Crippen LogP contribution in [0.4, 0.5) is 6.01 Å². The van der Waals surface area contributed by atoms with E-state index in [1.807, 2.05) is 14.0 Å². The van der Waals surface area contributed by atoms with Gasteiger partial charge >= 0.3 is 6.01 Å². The normalized spacial score (nSPS) is 25.8. The Bertz CT molecular complexity index is 391. The van der Waals surface area contributed by atoms with Crippen molar-refractivity contribution in [2.45, 2.75) is 45.9 Å². The van der Waals surface area contributed by atoms with E-state index in [9.17, 15) is 0 Å². The van der Waals surface area contributed by atoms with E-state index in [1.54, 1.807) is 0 Å². The van der Waals surface area contributed by atoms with Gasteiger partial charge in [0, 0.05) is 18.1 Å². The summed E-state index contributed by atoms with van der Waals surface area (Å²) in [5, 5.41) is 14.2. The molecule has 2 rings (SSSR count). The molecule has 6 nitrogen and oxygen atoms in total. The molecule has 0 aliphatic heterocycles. The molecule has 18 heavy (non-hydrogen) atoms. The maximum atomic E-state index is 5.69. The monoisotopic (exact) mass is 254 g/mol. The van der Waals surface area contributed by atoms with Gasteiger partial charge in [-0.3, -0.25) is 0 Å². The number of hydrogen-bond donors (Lipinski definition) is 2. The van der Waals surface area contributed by atoms with E-state index < -0.39 is 0 Å². The van der Waals surface area contributed by atoms with Gasteiger partial charge in [-0.1, -0.05) is 18.9 Å². The highest BCUT2D eigenvalue weighted by Gasteiger charge is 2.49. The van der Waals surface area contributed by atoms with Gasteiger partial charge in [0.1, 0.15) is 0 Å². The van der Waals surface area contributed by atoms with Gasteiger partial charge in [0.05, 0.1) is 12.6 Å². The molecule has 1 aliphatic rings. The Labute approximate surface area is 107 Å². The van der Waals surface area contributed by atoms with Gasteiger partial charge in [0.25, 0.3) is 0 Å². The highest BCUT2D eigenvalue weighted by Crippen LogP contribution is 2.44. The van der Waals surface area contributed by atoms with Crippen LogP contribution in [0.15, 0.2) is 4.42 Å². The molecule has 0 aromatic carbocycles. The van der Waals surface area contributed by atoms with Crippen LogP contribution in [0, 0.1) is 5.41 Å². The van der Waals surface area contributed by atoms with Crippen molar-refractivity contribution in [3.8, 4) is 0 Å². The van der Waals surface area contributed by atoms with E-state index in [-0.39, 0.29) is 5.41 Å². The average molecular weight is 254 g/mol. The molecule has 0 radical (unpaired) electrons. The van der Waals surface area contributed by atoms with Crippen LogP contribution in [-0.4, -0.2) is 36.0 Å². The second-order valence-corrected chi connectivity index (χ2v) is 5.23. The summed E-state index contributed by atoms with van der Waals surface area (Å²) in [5.74, 6) is 0.596. The Morgan fingerprint density at radius 2 is 2.22 bits per heavy atom. The molecule has 1 aliphatic carbocycles. The summed E-state index contributed by atoms with van der Waals surface area (Å²) >= 11 is 0. The lowest BCUT2D eigenvalue weighted by Crippen LogP contribution is -2.58. The van der Waals surface area contributed by atoms with Crippen molar-refractivity contribution >= 4 is 6.01 Å². The molecule has 2 N–H and O–H groups in total. The molecule has 1 heterocycles. The Morgan fingerprint density at radius 1 is 1.44 bits per heavy atom. The van der Waals surface area contributed by atoms with E-state index in [1.165, 1.54) is 0 Å². The number of hydrogen-bond acceptors (Lipinski definition) is 6. The van der Waals surface area contributed by atoms with E-state index in [2.05, 4.69) is 34.7 Å². The number of nitrogens with zero attached hydrogens (tertiary/aromatic N) is 2.